The number of halogens is 2. The molecule has 1 aromatic carbocycles. The van der Waals surface area contributed by atoms with Crippen molar-refractivity contribution in [3.8, 4) is 0 Å². The summed E-state index contributed by atoms with van der Waals surface area (Å²) in [7, 11) is 3.18. The molecule has 15 heteroatoms. The zero-order valence-electron chi connectivity index (χ0n) is 24.9. The summed E-state index contributed by atoms with van der Waals surface area (Å²) in [6, 6.07) is 8.57. The Morgan fingerprint density at radius 2 is 1.11 bits per heavy atom. The van der Waals surface area contributed by atoms with Gasteiger partial charge in [0.2, 0.25) is 0 Å². The van der Waals surface area contributed by atoms with E-state index in [0.29, 0.717) is 44.9 Å². The van der Waals surface area contributed by atoms with Gasteiger partial charge in [-0.2, -0.15) is 0 Å². The number of imidazole rings is 2. The Labute approximate surface area is 268 Å². The number of aromatic nitrogens is 8. The van der Waals surface area contributed by atoms with Crippen molar-refractivity contribution in [2.24, 2.45) is 14.1 Å². The SMILES string of the molecule is Cc1ccc(N(CCCCCn2c(Br)nc3c2c(=O)[nH]c(=O)n3C)CCCCCn2c(Br)nc3c2c(=O)[nH]c(=O)n3C)cc1. The summed E-state index contributed by atoms with van der Waals surface area (Å²) in [6.45, 7) is 5.09. The number of aryl methyl sites for hydroxylation is 5. The van der Waals surface area contributed by atoms with E-state index in [4.69, 9.17) is 0 Å². The summed E-state index contributed by atoms with van der Waals surface area (Å²) in [4.78, 5) is 64.7. The van der Waals surface area contributed by atoms with Gasteiger partial charge in [0.15, 0.2) is 31.8 Å². The lowest BCUT2D eigenvalue weighted by atomic mass is 10.1. The number of rotatable bonds is 13. The second-order valence-electron chi connectivity index (χ2n) is 11.0. The number of aromatic amines is 2. The van der Waals surface area contributed by atoms with E-state index in [-0.39, 0.29) is 0 Å². The minimum absolute atomic E-state index is 0.363. The molecule has 5 rings (SSSR count). The van der Waals surface area contributed by atoms with Crippen molar-refractivity contribution in [1.82, 2.24) is 38.2 Å². The van der Waals surface area contributed by atoms with Crippen molar-refractivity contribution in [3.63, 3.8) is 0 Å². The van der Waals surface area contributed by atoms with Crippen LogP contribution in [0.2, 0.25) is 0 Å². The molecule has 4 aromatic heterocycles. The summed E-state index contributed by atoms with van der Waals surface area (Å²) < 4.78 is 7.39. The van der Waals surface area contributed by atoms with Gasteiger partial charge in [-0.3, -0.25) is 28.7 Å². The smallest absolute Gasteiger partial charge is 0.329 e. The average Bonchev–Trinajstić information content (AvgIpc) is 3.50. The van der Waals surface area contributed by atoms with Crippen LogP contribution in [0.3, 0.4) is 0 Å². The normalized spacial score (nSPS) is 11.7. The van der Waals surface area contributed by atoms with Crippen molar-refractivity contribution in [3.05, 3.63) is 81.0 Å². The van der Waals surface area contributed by atoms with E-state index in [1.807, 2.05) is 9.13 Å². The number of hydrogen-bond acceptors (Lipinski definition) is 7. The third-order valence-corrected chi connectivity index (χ3v) is 9.15. The number of nitrogens with zero attached hydrogens (tertiary/aromatic N) is 7. The molecule has 5 aromatic rings. The van der Waals surface area contributed by atoms with Crippen molar-refractivity contribution in [2.45, 2.75) is 58.5 Å². The fourth-order valence-electron chi connectivity index (χ4n) is 5.45. The van der Waals surface area contributed by atoms with Crippen LogP contribution in [0.25, 0.3) is 22.3 Å². The molecule has 0 fully saturated rings. The quantitative estimate of drug-likeness (QED) is 0.139. The minimum atomic E-state index is -0.484. The number of benzene rings is 1. The standard InChI is InChI=1S/C29H35Br2N9O4/c1-18-10-12-19(13-11-18)38(14-6-4-8-16-39-20-22(32-26(39)30)36(2)28(43)34-24(20)41)15-7-5-9-17-40-21-23(33-27(40)31)37(3)29(44)35-25(21)42/h10-13H,4-9,14-17H2,1-3H3,(H,34,41,43)(H,35,42,44). The summed E-state index contributed by atoms with van der Waals surface area (Å²) in [6.07, 6.45) is 5.57. The molecule has 0 radical (unpaired) electrons. The van der Waals surface area contributed by atoms with Crippen LogP contribution in [0.1, 0.15) is 44.1 Å². The molecule has 13 nitrogen and oxygen atoms in total. The molecule has 4 heterocycles. The predicted molar refractivity (Wildman–Crippen MR) is 178 cm³/mol. The summed E-state index contributed by atoms with van der Waals surface area (Å²) >= 11 is 6.89. The molecule has 0 aliphatic heterocycles. The highest BCUT2D eigenvalue weighted by Crippen LogP contribution is 2.21. The van der Waals surface area contributed by atoms with Gasteiger partial charge >= 0.3 is 11.4 Å². The van der Waals surface area contributed by atoms with Crippen LogP contribution in [-0.2, 0) is 27.2 Å². The van der Waals surface area contributed by atoms with Crippen LogP contribution < -0.4 is 27.4 Å². The maximum absolute atomic E-state index is 12.5. The molecule has 0 atom stereocenters. The third-order valence-electron chi connectivity index (χ3n) is 7.94. The highest BCUT2D eigenvalue weighted by molar-refractivity contribution is 9.10. The van der Waals surface area contributed by atoms with E-state index in [1.165, 1.54) is 20.4 Å². The van der Waals surface area contributed by atoms with Crippen LogP contribution >= 0.6 is 31.9 Å². The average molecular weight is 733 g/mol. The maximum Gasteiger partial charge on any atom is 0.329 e. The molecule has 0 saturated heterocycles. The van der Waals surface area contributed by atoms with Gasteiger partial charge in [0.25, 0.3) is 11.1 Å². The van der Waals surface area contributed by atoms with Crippen LogP contribution in [0.15, 0.2) is 52.9 Å². The Morgan fingerprint density at radius 1 is 0.682 bits per heavy atom. The van der Waals surface area contributed by atoms with Gasteiger partial charge in [-0.1, -0.05) is 17.7 Å². The molecule has 0 aliphatic carbocycles. The van der Waals surface area contributed by atoms with E-state index < -0.39 is 22.5 Å². The molecule has 0 saturated carbocycles. The van der Waals surface area contributed by atoms with E-state index in [0.717, 1.165) is 51.6 Å². The Bertz CT molecular complexity index is 1910. The zero-order valence-corrected chi connectivity index (χ0v) is 28.1. The van der Waals surface area contributed by atoms with Gasteiger partial charge in [0, 0.05) is 46.0 Å². The molecule has 0 unspecified atom stereocenters. The van der Waals surface area contributed by atoms with E-state index in [9.17, 15) is 19.2 Å². The minimum Gasteiger partial charge on any atom is -0.372 e. The van der Waals surface area contributed by atoms with Gasteiger partial charge < -0.3 is 14.0 Å². The van der Waals surface area contributed by atoms with Crippen LogP contribution in [-0.4, -0.2) is 51.3 Å². The zero-order chi connectivity index (χ0) is 31.5. The van der Waals surface area contributed by atoms with E-state index in [2.05, 4.69) is 87.9 Å². The lowest BCUT2D eigenvalue weighted by molar-refractivity contribution is 0.560. The Kier molecular flexibility index (Phi) is 9.73. The monoisotopic (exact) mass is 731 g/mol. The first-order valence-electron chi connectivity index (χ1n) is 14.6. The lowest BCUT2D eigenvalue weighted by Crippen LogP contribution is -2.29. The highest BCUT2D eigenvalue weighted by Gasteiger charge is 2.17. The first kappa shape index (κ1) is 31.7. The van der Waals surface area contributed by atoms with E-state index >= 15 is 0 Å². The van der Waals surface area contributed by atoms with Gasteiger partial charge in [0.05, 0.1) is 0 Å². The van der Waals surface area contributed by atoms with E-state index in [1.54, 1.807) is 14.1 Å². The van der Waals surface area contributed by atoms with Gasteiger partial charge in [-0.15, -0.1) is 0 Å². The molecule has 234 valence electrons. The second kappa shape index (κ2) is 13.5. The number of unbranched alkanes of at least 4 members (excludes halogenated alkanes) is 4. The fraction of sp³-hybridized carbons (Fsp3) is 0.448. The predicted octanol–water partition coefficient (Wildman–Crippen LogP) is 3.54. The number of fused-ring (bicyclic) bond motifs is 2. The maximum atomic E-state index is 12.5. The Morgan fingerprint density at radius 3 is 1.55 bits per heavy atom. The summed E-state index contributed by atoms with van der Waals surface area (Å²) in [5.74, 6) is 0. The van der Waals surface area contributed by atoms with Crippen LogP contribution in [0.5, 0.6) is 0 Å². The second-order valence-corrected chi connectivity index (χ2v) is 12.4. The van der Waals surface area contributed by atoms with Crippen LogP contribution in [0, 0.1) is 6.92 Å². The molecule has 2 N–H and O–H groups in total. The van der Waals surface area contributed by atoms with Crippen molar-refractivity contribution >= 4 is 59.9 Å². The molecule has 44 heavy (non-hydrogen) atoms. The fourth-order valence-corrected chi connectivity index (χ4v) is 6.49. The molecule has 0 bridgehead atoms. The number of H-pyrrole nitrogens is 2. The van der Waals surface area contributed by atoms with Crippen molar-refractivity contribution in [2.75, 3.05) is 18.0 Å². The number of nitrogens with one attached hydrogen (secondary N) is 2. The Balaban J connectivity index is 1.16. The van der Waals surface area contributed by atoms with Gasteiger partial charge in [0.1, 0.15) is 0 Å². The topological polar surface area (TPSA) is 149 Å². The first-order chi connectivity index (χ1) is 21.1. The largest absolute Gasteiger partial charge is 0.372 e. The lowest BCUT2D eigenvalue weighted by Gasteiger charge is -2.25. The number of hydrogen-bond donors (Lipinski definition) is 2. The third kappa shape index (κ3) is 6.53. The number of anilines is 1. The Hall–Kier alpha value is -3.72. The summed E-state index contributed by atoms with van der Waals surface area (Å²) in [5.41, 5.74) is 2.07. The van der Waals surface area contributed by atoms with Gasteiger partial charge in [-0.05, 0) is 89.4 Å². The highest BCUT2D eigenvalue weighted by atomic mass is 79.9. The van der Waals surface area contributed by atoms with Crippen LogP contribution in [0.4, 0.5) is 5.69 Å². The first-order valence-corrected chi connectivity index (χ1v) is 16.2. The molecular weight excluding hydrogens is 698 g/mol. The van der Waals surface area contributed by atoms with Crippen molar-refractivity contribution in [1.29, 1.82) is 0 Å². The molecule has 0 amide bonds. The molecule has 0 spiro atoms. The van der Waals surface area contributed by atoms with Crippen molar-refractivity contribution < 1.29 is 0 Å². The summed E-state index contributed by atoms with van der Waals surface area (Å²) in [5, 5.41) is 0. The van der Waals surface area contributed by atoms with Gasteiger partial charge in [-0.25, -0.2) is 19.6 Å². The molecular formula is C29H35Br2N9O4. The molecule has 0 aliphatic rings.